The van der Waals surface area contributed by atoms with Gasteiger partial charge in [-0.05, 0) is 55.5 Å². The predicted octanol–water partition coefficient (Wildman–Crippen LogP) is 5.93. The molecule has 2 aromatic carbocycles. The number of rotatable bonds is 9. The maximum absolute atomic E-state index is 5.78. The van der Waals surface area contributed by atoms with Crippen molar-refractivity contribution in [2.24, 2.45) is 0 Å². The highest BCUT2D eigenvalue weighted by atomic mass is 16.5. The van der Waals surface area contributed by atoms with Crippen molar-refractivity contribution < 1.29 is 14.2 Å². The molecule has 3 nitrogen and oxygen atoms in total. The minimum atomic E-state index is 0.0993. The first-order valence-electron chi connectivity index (χ1n) is 9.85. The van der Waals surface area contributed by atoms with Crippen molar-refractivity contribution >= 4 is 0 Å². The SMILES string of the molecule is COc1cc(OC)cc(C2(/C=C\CCCOc3ccccc3)CCCC2)c1. The van der Waals surface area contributed by atoms with Crippen molar-refractivity contribution in [1.29, 1.82) is 0 Å². The van der Waals surface area contributed by atoms with Gasteiger partial charge in [0, 0.05) is 11.5 Å². The van der Waals surface area contributed by atoms with Crippen LogP contribution in [0.5, 0.6) is 17.2 Å². The molecule has 1 aliphatic carbocycles. The van der Waals surface area contributed by atoms with Crippen LogP contribution >= 0.6 is 0 Å². The second-order valence-electron chi connectivity index (χ2n) is 7.17. The molecule has 1 fully saturated rings. The minimum Gasteiger partial charge on any atom is -0.497 e. The fraction of sp³-hybridized carbons (Fsp3) is 0.417. The van der Waals surface area contributed by atoms with Crippen molar-refractivity contribution in [3.05, 3.63) is 66.2 Å². The molecule has 0 N–H and O–H groups in total. The molecule has 27 heavy (non-hydrogen) atoms. The number of methoxy groups -OCH3 is 2. The third-order valence-corrected chi connectivity index (χ3v) is 5.39. The number of para-hydroxylation sites is 1. The first kappa shape index (κ1) is 19.3. The van der Waals surface area contributed by atoms with E-state index in [4.69, 9.17) is 14.2 Å². The third kappa shape index (κ3) is 5.06. The lowest BCUT2D eigenvalue weighted by atomic mass is 9.78. The Morgan fingerprint density at radius 1 is 0.889 bits per heavy atom. The van der Waals surface area contributed by atoms with Crippen LogP contribution in [0.3, 0.4) is 0 Å². The van der Waals surface area contributed by atoms with Crippen LogP contribution in [0.15, 0.2) is 60.7 Å². The summed E-state index contributed by atoms with van der Waals surface area (Å²) in [6, 6.07) is 16.3. The van der Waals surface area contributed by atoms with E-state index in [9.17, 15) is 0 Å². The van der Waals surface area contributed by atoms with E-state index >= 15 is 0 Å². The van der Waals surface area contributed by atoms with Crippen LogP contribution in [0.2, 0.25) is 0 Å². The summed E-state index contributed by atoms with van der Waals surface area (Å²) in [5.74, 6) is 2.66. The Labute approximate surface area is 163 Å². The van der Waals surface area contributed by atoms with Crippen LogP contribution in [-0.2, 0) is 5.41 Å². The Morgan fingerprint density at radius 2 is 1.56 bits per heavy atom. The van der Waals surface area contributed by atoms with Crippen LogP contribution < -0.4 is 14.2 Å². The van der Waals surface area contributed by atoms with Crippen molar-refractivity contribution in [2.45, 2.75) is 43.9 Å². The summed E-state index contributed by atoms with van der Waals surface area (Å²) >= 11 is 0. The molecule has 0 aromatic heterocycles. The molecule has 0 radical (unpaired) electrons. The van der Waals surface area contributed by atoms with Crippen molar-refractivity contribution in [3.8, 4) is 17.2 Å². The molecule has 0 spiro atoms. The molecule has 0 saturated heterocycles. The average molecular weight is 367 g/mol. The summed E-state index contributed by atoms with van der Waals surface area (Å²) in [4.78, 5) is 0. The Kier molecular flexibility index (Phi) is 6.80. The second kappa shape index (κ2) is 9.50. The van der Waals surface area contributed by atoms with E-state index < -0.39 is 0 Å². The summed E-state index contributed by atoms with van der Waals surface area (Å²) in [6.07, 6.45) is 11.7. The highest BCUT2D eigenvalue weighted by Gasteiger charge is 2.33. The zero-order valence-electron chi connectivity index (χ0n) is 16.4. The van der Waals surface area contributed by atoms with Crippen molar-refractivity contribution in [1.82, 2.24) is 0 Å². The number of hydrogen-bond acceptors (Lipinski definition) is 3. The van der Waals surface area contributed by atoms with E-state index in [0.29, 0.717) is 0 Å². The van der Waals surface area contributed by atoms with Crippen LogP contribution in [0.4, 0.5) is 0 Å². The van der Waals surface area contributed by atoms with Crippen molar-refractivity contribution in [2.75, 3.05) is 20.8 Å². The molecule has 2 aromatic rings. The lowest BCUT2D eigenvalue weighted by Gasteiger charge is -2.27. The Bertz CT molecular complexity index is 708. The van der Waals surface area contributed by atoms with Gasteiger partial charge in [0.25, 0.3) is 0 Å². The van der Waals surface area contributed by atoms with Gasteiger partial charge in [0.2, 0.25) is 0 Å². The third-order valence-electron chi connectivity index (χ3n) is 5.39. The molecule has 0 unspecified atom stereocenters. The van der Waals surface area contributed by atoms with Gasteiger partial charge in [-0.15, -0.1) is 0 Å². The Hall–Kier alpha value is -2.42. The molecule has 1 aliphatic rings. The number of allylic oxidation sites excluding steroid dienone is 2. The van der Waals surface area contributed by atoms with E-state index in [1.165, 1.54) is 31.2 Å². The Balaban J connectivity index is 1.62. The highest BCUT2D eigenvalue weighted by Crippen LogP contribution is 2.44. The molecule has 0 heterocycles. The largest absolute Gasteiger partial charge is 0.497 e. The van der Waals surface area contributed by atoms with Gasteiger partial charge in [0.05, 0.1) is 20.8 Å². The fourth-order valence-corrected chi connectivity index (χ4v) is 3.87. The molecule has 144 valence electrons. The maximum atomic E-state index is 5.78. The zero-order valence-corrected chi connectivity index (χ0v) is 16.4. The van der Waals surface area contributed by atoms with Gasteiger partial charge in [-0.2, -0.15) is 0 Å². The van der Waals surface area contributed by atoms with Crippen LogP contribution in [0, 0.1) is 0 Å². The van der Waals surface area contributed by atoms with Gasteiger partial charge in [0.1, 0.15) is 17.2 Å². The van der Waals surface area contributed by atoms with E-state index in [-0.39, 0.29) is 5.41 Å². The lowest BCUT2D eigenvalue weighted by molar-refractivity contribution is 0.312. The van der Waals surface area contributed by atoms with Crippen LogP contribution in [-0.4, -0.2) is 20.8 Å². The summed E-state index contributed by atoms with van der Waals surface area (Å²) in [7, 11) is 3.42. The monoisotopic (exact) mass is 366 g/mol. The van der Waals surface area contributed by atoms with Crippen LogP contribution in [0.25, 0.3) is 0 Å². The summed E-state index contributed by atoms with van der Waals surface area (Å²) in [6.45, 7) is 0.744. The van der Waals surface area contributed by atoms with Gasteiger partial charge < -0.3 is 14.2 Å². The zero-order chi connectivity index (χ0) is 19.0. The summed E-state index contributed by atoms with van der Waals surface area (Å²) in [5.41, 5.74) is 1.40. The summed E-state index contributed by atoms with van der Waals surface area (Å²) in [5, 5.41) is 0. The molecule has 0 aliphatic heterocycles. The molecule has 0 bridgehead atoms. The van der Waals surface area contributed by atoms with E-state index in [1.807, 2.05) is 36.4 Å². The van der Waals surface area contributed by atoms with E-state index in [0.717, 1.165) is 36.7 Å². The summed E-state index contributed by atoms with van der Waals surface area (Å²) < 4.78 is 16.7. The Morgan fingerprint density at radius 3 is 2.19 bits per heavy atom. The number of ether oxygens (including phenoxy) is 3. The first-order valence-corrected chi connectivity index (χ1v) is 9.85. The lowest BCUT2D eigenvalue weighted by Crippen LogP contribution is -2.19. The molecule has 3 heteroatoms. The van der Waals surface area contributed by atoms with E-state index in [2.05, 4.69) is 24.3 Å². The first-order chi connectivity index (χ1) is 13.3. The molecule has 0 amide bonds. The molecule has 1 saturated carbocycles. The number of hydrogen-bond donors (Lipinski definition) is 0. The minimum absolute atomic E-state index is 0.0993. The maximum Gasteiger partial charge on any atom is 0.122 e. The second-order valence-corrected chi connectivity index (χ2v) is 7.17. The molecule has 3 rings (SSSR count). The smallest absolute Gasteiger partial charge is 0.122 e. The van der Waals surface area contributed by atoms with Gasteiger partial charge >= 0.3 is 0 Å². The van der Waals surface area contributed by atoms with Gasteiger partial charge in [0.15, 0.2) is 0 Å². The van der Waals surface area contributed by atoms with Gasteiger partial charge in [-0.3, -0.25) is 0 Å². The van der Waals surface area contributed by atoms with E-state index in [1.54, 1.807) is 14.2 Å². The quantitative estimate of drug-likeness (QED) is 0.406. The highest BCUT2D eigenvalue weighted by molar-refractivity contribution is 5.44. The van der Waals surface area contributed by atoms with Crippen LogP contribution in [0.1, 0.15) is 44.1 Å². The average Bonchev–Trinajstić information content (AvgIpc) is 3.21. The molecule has 0 atom stereocenters. The molecular formula is C24H30O3. The van der Waals surface area contributed by atoms with Crippen molar-refractivity contribution in [3.63, 3.8) is 0 Å². The predicted molar refractivity (Wildman–Crippen MR) is 110 cm³/mol. The number of unbranched alkanes of at least 4 members (excludes halogenated alkanes) is 1. The topological polar surface area (TPSA) is 27.7 Å². The molecular weight excluding hydrogens is 336 g/mol. The number of benzene rings is 2. The van der Waals surface area contributed by atoms with Gasteiger partial charge in [-0.1, -0.05) is 43.2 Å². The van der Waals surface area contributed by atoms with Gasteiger partial charge in [-0.25, -0.2) is 0 Å². The fourth-order valence-electron chi connectivity index (χ4n) is 3.87. The standard InChI is InChI=1S/C24H30O3/c1-25-22-17-20(18-23(19-22)26-2)24(14-8-9-15-24)13-7-4-10-16-27-21-11-5-3-6-12-21/h3,5-7,11-13,17-19H,4,8-10,14-16H2,1-2H3/b13-7-. The normalized spacial score (nSPS) is 15.8.